The molecule has 29 heavy (non-hydrogen) atoms. The summed E-state index contributed by atoms with van der Waals surface area (Å²) in [5.41, 5.74) is 6.99. The van der Waals surface area contributed by atoms with E-state index in [9.17, 15) is 14.7 Å². The van der Waals surface area contributed by atoms with Crippen molar-refractivity contribution in [3.05, 3.63) is 52.3 Å². The summed E-state index contributed by atoms with van der Waals surface area (Å²) in [6, 6.07) is 8.01. The van der Waals surface area contributed by atoms with E-state index in [1.165, 1.54) is 0 Å². The quantitative estimate of drug-likeness (QED) is 0.493. The lowest BCUT2D eigenvalue weighted by Gasteiger charge is -2.32. The maximum atomic E-state index is 12.6. The number of carbonyl (C=O) groups is 1. The summed E-state index contributed by atoms with van der Waals surface area (Å²) in [5, 5.41) is 19.2. The van der Waals surface area contributed by atoms with Gasteiger partial charge in [-0.15, -0.1) is 5.10 Å². The summed E-state index contributed by atoms with van der Waals surface area (Å²) < 4.78 is 5.07. The zero-order valence-electron chi connectivity index (χ0n) is 16.6. The fourth-order valence-corrected chi connectivity index (χ4v) is 3.53. The number of hydrogen-bond donors (Lipinski definition) is 4. The van der Waals surface area contributed by atoms with Crippen LogP contribution in [0, 0.1) is 5.92 Å². The molecule has 1 aromatic carbocycles. The van der Waals surface area contributed by atoms with E-state index in [-0.39, 0.29) is 5.89 Å². The van der Waals surface area contributed by atoms with Gasteiger partial charge in [0.15, 0.2) is 0 Å². The van der Waals surface area contributed by atoms with E-state index in [1.54, 1.807) is 0 Å². The van der Waals surface area contributed by atoms with Gasteiger partial charge in [-0.25, -0.2) is 9.89 Å². The highest BCUT2D eigenvalue weighted by Crippen LogP contribution is 2.19. The summed E-state index contributed by atoms with van der Waals surface area (Å²) in [4.78, 5) is 26.2. The number of aliphatic hydroxyl groups excluding tert-OH is 1. The van der Waals surface area contributed by atoms with Crippen LogP contribution in [0.4, 0.5) is 0 Å². The fourth-order valence-electron chi connectivity index (χ4n) is 3.53. The lowest BCUT2D eigenvalue weighted by Crippen LogP contribution is -2.50. The maximum absolute atomic E-state index is 12.6. The van der Waals surface area contributed by atoms with Crippen LogP contribution >= 0.6 is 0 Å². The van der Waals surface area contributed by atoms with Gasteiger partial charge in [-0.05, 0) is 43.8 Å². The predicted molar refractivity (Wildman–Crippen MR) is 107 cm³/mol. The monoisotopic (exact) mass is 403 g/mol. The second-order valence-corrected chi connectivity index (χ2v) is 7.79. The number of rotatable bonds is 8. The van der Waals surface area contributed by atoms with Gasteiger partial charge in [0.05, 0.1) is 0 Å². The largest absolute Gasteiger partial charge is 0.434 e. The summed E-state index contributed by atoms with van der Waals surface area (Å²) in [6.07, 6.45) is 1.09. The number of benzene rings is 1. The van der Waals surface area contributed by atoms with E-state index in [4.69, 9.17) is 10.2 Å². The van der Waals surface area contributed by atoms with Gasteiger partial charge in [0.1, 0.15) is 12.1 Å². The predicted octanol–water partition coefficient (Wildman–Crippen LogP) is 0.183. The lowest BCUT2D eigenvalue weighted by atomic mass is 9.98. The molecule has 1 aliphatic heterocycles. The Kier molecular flexibility index (Phi) is 7.18. The number of likely N-dealkylation sites (tertiary alicyclic amines) is 1. The van der Waals surface area contributed by atoms with Crippen molar-refractivity contribution in [3.63, 3.8) is 0 Å². The van der Waals surface area contributed by atoms with Gasteiger partial charge in [0.25, 0.3) is 5.91 Å². The second kappa shape index (κ2) is 9.82. The van der Waals surface area contributed by atoms with Crippen molar-refractivity contribution < 1.29 is 14.3 Å². The molecule has 3 rings (SSSR count). The molecular formula is C20H29N5O4. The van der Waals surface area contributed by atoms with Crippen LogP contribution in [0.1, 0.15) is 37.3 Å². The van der Waals surface area contributed by atoms with Crippen molar-refractivity contribution in [3.8, 4) is 0 Å². The molecule has 0 radical (unpaired) electrons. The van der Waals surface area contributed by atoms with Crippen LogP contribution in [0.25, 0.3) is 0 Å². The molecule has 3 atom stereocenters. The Balaban J connectivity index is 1.64. The van der Waals surface area contributed by atoms with Crippen LogP contribution in [0.3, 0.4) is 0 Å². The molecule has 0 spiro atoms. The Hall–Kier alpha value is -2.49. The number of piperidine rings is 1. The van der Waals surface area contributed by atoms with E-state index in [0.717, 1.165) is 31.5 Å². The molecule has 0 unspecified atom stereocenters. The molecule has 5 N–H and O–H groups in total. The first kappa shape index (κ1) is 21.2. The molecule has 0 bridgehead atoms. The van der Waals surface area contributed by atoms with Gasteiger partial charge in [0.2, 0.25) is 5.89 Å². The topological polar surface area (TPSA) is 137 Å². The number of aromatic amines is 1. The molecule has 1 saturated heterocycles. The van der Waals surface area contributed by atoms with E-state index < -0.39 is 29.9 Å². The van der Waals surface area contributed by atoms with Crippen LogP contribution in [0.2, 0.25) is 0 Å². The Morgan fingerprint density at radius 1 is 1.38 bits per heavy atom. The van der Waals surface area contributed by atoms with Crippen molar-refractivity contribution in [2.24, 2.45) is 11.7 Å². The van der Waals surface area contributed by atoms with Crippen LogP contribution in [-0.2, 0) is 11.2 Å². The van der Waals surface area contributed by atoms with Crippen molar-refractivity contribution in [2.45, 2.75) is 44.4 Å². The van der Waals surface area contributed by atoms with Gasteiger partial charge in [-0.2, -0.15) is 0 Å². The molecule has 1 fully saturated rings. The summed E-state index contributed by atoms with van der Waals surface area (Å²) in [5.74, 6) is -0.548. The maximum Gasteiger partial charge on any atom is 0.434 e. The number of nitrogens with one attached hydrogen (secondary N) is 2. The number of aromatic nitrogens is 2. The Morgan fingerprint density at radius 2 is 2.07 bits per heavy atom. The molecule has 2 aromatic rings. The third-order valence-corrected chi connectivity index (χ3v) is 5.37. The summed E-state index contributed by atoms with van der Waals surface area (Å²) in [7, 11) is 0. The first-order valence-electron chi connectivity index (χ1n) is 9.98. The van der Waals surface area contributed by atoms with Crippen LogP contribution < -0.4 is 16.8 Å². The molecule has 158 valence electrons. The Labute approximate surface area is 169 Å². The van der Waals surface area contributed by atoms with E-state index in [2.05, 4.69) is 27.3 Å². The first-order chi connectivity index (χ1) is 13.9. The zero-order valence-corrected chi connectivity index (χ0v) is 16.6. The van der Waals surface area contributed by atoms with Gasteiger partial charge in [-0.3, -0.25) is 4.79 Å². The van der Waals surface area contributed by atoms with Crippen molar-refractivity contribution >= 4 is 5.91 Å². The minimum absolute atomic E-state index is 0.0887. The van der Waals surface area contributed by atoms with Crippen molar-refractivity contribution in [2.75, 3.05) is 19.6 Å². The first-order valence-corrected chi connectivity index (χ1v) is 9.98. The molecule has 2 heterocycles. The summed E-state index contributed by atoms with van der Waals surface area (Å²) in [6.45, 7) is 4.43. The molecule has 9 nitrogen and oxygen atoms in total. The highest BCUT2D eigenvalue weighted by Gasteiger charge is 2.30. The highest BCUT2D eigenvalue weighted by molar-refractivity contribution is 5.81. The Morgan fingerprint density at radius 3 is 2.69 bits per heavy atom. The smallest absolute Gasteiger partial charge is 0.390 e. The number of nitrogens with two attached hydrogens (primary N) is 1. The third-order valence-electron chi connectivity index (χ3n) is 5.37. The van der Waals surface area contributed by atoms with Crippen molar-refractivity contribution in [1.82, 2.24) is 20.4 Å². The average Bonchev–Trinajstić information content (AvgIpc) is 3.15. The number of nitrogens with zero attached hydrogens (tertiary/aromatic N) is 2. The van der Waals surface area contributed by atoms with Crippen molar-refractivity contribution in [1.29, 1.82) is 0 Å². The number of hydrogen-bond acceptors (Lipinski definition) is 7. The van der Waals surface area contributed by atoms with Crippen LogP contribution in [-0.4, -0.2) is 57.9 Å². The molecule has 1 amide bonds. The molecule has 1 aromatic heterocycles. The van der Waals surface area contributed by atoms with E-state index >= 15 is 0 Å². The lowest BCUT2D eigenvalue weighted by molar-refractivity contribution is -0.131. The normalized spacial score (nSPS) is 18.9. The van der Waals surface area contributed by atoms with Gasteiger partial charge in [-0.1, -0.05) is 37.3 Å². The molecule has 0 aliphatic carbocycles. The average molecular weight is 403 g/mol. The number of aliphatic hydroxyl groups is 1. The number of H-pyrrole nitrogens is 1. The van der Waals surface area contributed by atoms with Gasteiger partial charge in [0, 0.05) is 12.6 Å². The molecular weight excluding hydrogens is 374 g/mol. The standard InChI is InChI=1S/C20H29N5O4/c1-13-7-9-25(10-8-13)12-16(19-23-24-20(28)29-19)22-18(27)17(26)15(21)11-14-5-3-2-4-6-14/h2-6,13,15-17,26H,7-12,21H2,1H3,(H,22,27)(H,24,28)/t15-,16-,17+/m1/s1. The van der Waals surface area contributed by atoms with Gasteiger partial charge < -0.3 is 25.5 Å². The highest BCUT2D eigenvalue weighted by atomic mass is 16.4. The minimum Gasteiger partial charge on any atom is -0.390 e. The SMILES string of the molecule is CC1CCN(C[C@@H](NC(=O)[C@@H](O)[C@H](N)Cc2ccccc2)c2n[nH]c(=O)o2)CC1. The van der Waals surface area contributed by atoms with E-state index in [0.29, 0.717) is 18.9 Å². The number of carbonyl (C=O) groups excluding carboxylic acids is 1. The minimum atomic E-state index is -1.40. The third kappa shape index (κ3) is 5.99. The Bertz CT molecular complexity index is 829. The molecule has 0 saturated carbocycles. The molecule has 1 aliphatic rings. The summed E-state index contributed by atoms with van der Waals surface area (Å²) >= 11 is 0. The fraction of sp³-hybridized carbons (Fsp3) is 0.550. The second-order valence-electron chi connectivity index (χ2n) is 7.79. The number of amides is 1. The van der Waals surface area contributed by atoms with E-state index in [1.807, 2.05) is 30.3 Å². The van der Waals surface area contributed by atoms with Crippen LogP contribution in [0.15, 0.2) is 39.5 Å². The van der Waals surface area contributed by atoms with Crippen LogP contribution in [0.5, 0.6) is 0 Å². The van der Waals surface area contributed by atoms with Gasteiger partial charge >= 0.3 is 5.76 Å². The zero-order chi connectivity index (χ0) is 20.8. The molecule has 9 heteroatoms.